The summed E-state index contributed by atoms with van der Waals surface area (Å²) in [4.78, 5) is 32.4. The van der Waals surface area contributed by atoms with Gasteiger partial charge in [0.25, 0.3) is 5.91 Å². The van der Waals surface area contributed by atoms with Crippen molar-refractivity contribution in [2.45, 2.75) is 63.8 Å². The molecule has 0 saturated carbocycles. The van der Waals surface area contributed by atoms with E-state index in [4.69, 9.17) is 33.8 Å². The van der Waals surface area contributed by atoms with E-state index in [-0.39, 0.29) is 31.9 Å². The molecule has 0 radical (unpaired) electrons. The van der Waals surface area contributed by atoms with Crippen molar-refractivity contribution in [1.82, 2.24) is 5.32 Å². The Morgan fingerprint density at radius 2 is 1.74 bits per heavy atom. The molecule has 1 heterocycles. The molecule has 46 heavy (non-hydrogen) atoms. The van der Waals surface area contributed by atoms with E-state index in [1.807, 2.05) is 30.3 Å². The van der Waals surface area contributed by atoms with Crippen LogP contribution in [0, 0.1) is 0 Å². The van der Waals surface area contributed by atoms with Gasteiger partial charge in [-0.25, -0.2) is 4.99 Å². The first kappa shape index (κ1) is 34.8. The van der Waals surface area contributed by atoms with E-state index in [1.54, 1.807) is 71.4 Å². The zero-order valence-corrected chi connectivity index (χ0v) is 28.4. The summed E-state index contributed by atoms with van der Waals surface area (Å²) in [6.07, 6.45) is -0.414. The number of methoxy groups -OCH3 is 2. The van der Waals surface area contributed by atoms with Gasteiger partial charge in [0.05, 0.1) is 20.8 Å². The highest BCUT2D eigenvalue weighted by Gasteiger charge is 2.53. The van der Waals surface area contributed by atoms with Crippen molar-refractivity contribution in [2.75, 3.05) is 27.4 Å². The highest BCUT2D eigenvalue weighted by atomic mass is 79.9. The molecule has 0 aromatic heterocycles. The van der Waals surface area contributed by atoms with Crippen LogP contribution in [0.4, 0.5) is 0 Å². The van der Waals surface area contributed by atoms with Crippen molar-refractivity contribution in [3.8, 4) is 17.2 Å². The predicted molar refractivity (Wildman–Crippen MR) is 177 cm³/mol. The lowest BCUT2D eigenvalue weighted by molar-refractivity contribution is -0.155. The van der Waals surface area contributed by atoms with Gasteiger partial charge in [-0.15, -0.1) is 0 Å². The monoisotopic (exact) mass is 696 g/mol. The Balaban J connectivity index is 1.74. The molecule has 246 valence electrons. The van der Waals surface area contributed by atoms with Crippen LogP contribution >= 0.6 is 15.9 Å². The van der Waals surface area contributed by atoms with Crippen LogP contribution < -0.4 is 19.5 Å². The van der Waals surface area contributed by atoms with E-state index in [1.165, 1.54) is 0 Å². The van der Waals surface area contributed by atoms with Crippen LogP contribution in [0.25, 0.3) is 0 Å². The molecule has 1 aliphatic heterocycles. The molecular weight excluding hydrogens is 656 g/mol. The molecule has 1 amide bonds. The average Bonchev–Trinajstić information content (AvgIpc) is 3.43. The normalized spacial score (nSPS) is 17.5. The molecule has 0 saturated heterocycles. The number of esters is 1. The molecule has 3 aromatic carbocycles. The van der Waals surface area contributed by atoms with Gasteiger partial charge in [0.1, 0.15) is 22.8 Å². The number of nitrogens with one attached hydrogen (secondary N) is 1. The van der Waals surface area contributed by atoms with Gasteiger partial charge in [0, 0.05) is 53.2 Å². The molecule has 2 atom stereocenters. The largest absolute Gasteiger partial charge is 0.497 e. The van der Waals surface area contributed by atoms with Crippen molar-refractivity contribution in [3.05, 3.63) is 87.9 Å². The molecule has 0 aliphatic carbocycles. The number of ether oxygens (including phenoxy) is 5. The Morgan fingerprint density at radius 1 is 1.02 bits per heavy atom. The maximum absolute atomic E-state index is 14.5. The van der Waals surface area contributed by atoms with Crippen LogP contribution in [0.1, 0.15) is 62.8 Å². The summed E-state index contributed by atoms with van der Waals surface area (Å²) in [5.41, 5.74) is -0.161. The molecular formula is C35H41BrN2O8. The number of aliphatic imine (C=N–C) groups is 1. The Morgan fingerprint density at radius 3 is 2.39 bits per heavy atom. The Kier molecular flexibility index (Phi) is 11.7. The van der Waals surface area contributed by atoms with Gasteiger partial charge in [-0.3, -0.25) is 9.59 Å². The molecule has 3 aromatic rings. The zero-order valence-electron chi connectivity index (χ0n) is 26.8. The Bertz CT molecular complexity index is 1540. The van der Waals surface area contributed by atoms with Gasteiger partial charge in [0.2, 0.25) is 5.90 Å². The topological polar surface area (TPSA) is 125 Å². The summed E-state index contributed by atoms with van der Waals surface area (Å²) in [5, 5.41) is 12.1. The SMILES string of the molecule is COc1ccc(CNC(=O)[C@]2(CCC(=O)OC(C)(C)C)N=C(c3ccc(OCCCO)cc3)O[C@@H]2c2ccccc2Br)c(OC)c1. The first-order valence-corrected chi connectivity index (χ1v) is 15.8. The first-order valence-electron chi connectivity index (χ1n) is 15.1. The Hall–Kier alpha value is -4.09. The van der Waals surface area contributed by atoms with Crippen LogP contribution in [0.5, 0.6) is 17.2 Å². The van der Waals surface area contributed by atoms with Crippen LogP contribution in [-0.2, 0) is 25.6 Å². The number of benzene rings is 3. The van der Waals surface area contributed by atoms with Crippen LogP contribution in [-0.4, -0.2) is 61.5 Å². The van der Waals surface area contributed by atoms with Gasteiger partial charge in [-0.1, -0.05) is 34.1 Å². The second-order valence-electron chi connectivity index (χ2n) is 11.8. The number of aliphatic hydroxyl groups excluding tert-OH is 1. The van der Waals surface area contributed by atoms with Crippen LogP contribution in [0.2, 0.25) is 0 Å². The fourth-order valence-electron chi connectivity index (χ4n) is 5.05. The van der Waals surface area contributed by atoms with Crippen LogP contribution in [0.3, 0.4) is 0 Å². The zero-order chi connectivity index (χ0) is 33.3. The van der Waals surface area contributed by atoms with Gasteiger partial charge >= 0.3 is 5.97 Å². The number of hydrogen-bond donors (Lipinski definition) is 2. The van der Waals surface area contributed by atoms with E-state index in [9.17, 15) is 9.59 Å². The lowest BCUT2D eigenvalue weighted by Crippen LogP contribution is -2.48. The second-order valence-corrected chi connectivity index (χ2v) is 12.6. The minimum Gasteiger partial charge on any atom is -0.497 e. The van der Waals surface area contributed by atoms with Crippen molar-refractivity contribution >= 4 is 33.7 Å². The first-order chi connectivity index (χ1) is 22.0. The van der Waals surface area contributed by atoms with Gasteiger partial charge in [-0.2, -0.15) is 0 Å². The molecule has 0 bridgehead atoms. The third-order valence-corrected chi connectivity index (χ3v) is 8.00. The summed E-state index contributed by atoms with van der Waals surface area (Å²) >= 11 is 3.63. The molecule has 0 fully saturated rings. The van der Waals surface area contributed by atoms with Crippen molar-refractivity contribution in [2.24, 2.45) is 4.99 Å². The second kappa shape index (κ2) is 15.5. The van der Waals surface area contributed by atoms with E-state index in [2.05, 4.69) is 21.2 Å². The number of halogens is 1. The fourth-order valence-corrected chi connectivity index (χ4v) is 5.54. The highest BCUT2D eigenvalue weighted by molar-refractivity contribution is 9.10. The van der Waals surface area contributed by atoms with Crippen molar-refractivity contribution in [3.63, 3.8) is 0 Å². The number of hydrogen-bond acceptors (Lipinski definition) is 9. The molecule has 1 aliphatic rings. The van der Waals surface area contributed by atoms with Gasteiger partial charge < -0.3 is 34.1 Å². The highest BCUT2D eigenvalue weighted by Crippen LogP contribution is 2.45. The van der Waals surface area contributed by atoms with Gasteiger partial charge in [-0.05, 0) is 69.7 Å². The maximum atomic E-state index is 14.5. The number of rotatable bonds is 14. The quantitative estimate of drug-likeness (QED) is 0.157. The molecule has 10 nitrogen and oxygen atoms in total. The molecule has 11 heteroatoms. The number of amides is 1. The van der Waals surface area contributed by atoms with E-state index in [0.717, 1.165) is 10.0 Å². The van der Waals surface area contributed by atoms with E-state index < -0.39 is 29.1 Å². The number of carbonyl (C=O) groups is 2. The van der Waals surface area contributed by atoms with Crippen molar-refractivity contribution in [1.29, 1.82) is 0 Å². The molecule has 0 unspecified atom stereocenters. The smallest absolute Gasteiger partial charge is 0.306 e. The molecule has 2 N–H and O–H groups in total. The molecule has 0 spiro atoms. The van der Waals surface area contributed by atoms with E-state index in [0.29, 0.717) is 41.4 Å². The summed E-state index contributed by atoms with van der Waals surface area (Å²) in [5.74, 6) is 1.18. The maximum Gasteiger partial charge on any atom is 0.306 e. The summed E-state index contributed by atoms with van der Waals surface area (Å²) < 4.78 is 29.4. The predicted octanol–water partition coefficient (Wildman–Crippen LogP) is 5.92. The number of carbonyl (C=O) groups excluding carboxylic acids is 2. The minimum absolute atomic E-state index is 0.0192. The summed E-state index contributed by atoms with van der Waals surface area (Å²) in [6.45, 7) is 5.94. The summed E-state index contributed by atoms with van der Waals surface area (Å²) in [6, 6.07) is 20.0. The van der Waals surface area contributed by atoms with Crippen LogP contribution in [0.15, 0.2) is 76.2 Å². The third kappa shape index (κ3) is 8.58. The Labute approximate surface area is 278 Å². The molecule has 4 rings (SSSR count). The van der Waals surface area contributed by atoms with Crippen molar-refractivity contribution < 1.29 is 38.4 Å². The third-order valence-electron chi connectivity index (χ3n) is 7.28. The van der Waals surface area contributed by atoms with Gasteiger partial charge in [0.15, 0.2) is 11.6 Å². The number of aliphatic hydroxyl groups is 1. The fraction of sp³-hybridized carbons (Fsp3) is 0.400. The average molecular weight is 698 g/mol. The lowest BCUT2D eigenvalue weighted by atomic mass is 9.83. The standard InChI is InChI=1S/C35H41BrN2O8/c1-34(2,3)46-30(40)17-18-35(33(41)37-22-24-13-16-26(42-4)21-29(24)43-5)31(27-9-6-7-10-28(27)36)45-32(38-35)23-11-14-25(15-12-23)44-20-8-19-39/h6-7,9-16,21,31,39H,8,17-20,22H2,1-5H3,(H,37,41)/t31-,35-/m1/s1. The minimum atomic E-state index is -1.54. The van der Waals surface area contributed by atoms with E-state index >= 15 is 0 Å². The number of nitrogens with zero attached hydrogens (tertiary/aromatic N) is 1. The lowest BCUT2D eigenvalue weighted by Gasteiger charge is -2.31. The summed E-state index contributed by atoms with van der Waals surface area (Å²) in [7, 11) is 3.12.